The van der Waals surface area contributed by atoms with Crippen LogP contribution in [0.15, 0.2) is 48.9 Å². The van der Waals surface area contributed by atoms with Crippen molar-refractivity contribution in [3.63, 3.8) is 0 Å². The number of nitrogens with zero attached hydrogens (tertiary/aromatic N) is 5. The van der Waals surface area contributed by atoms with Gasteiger partial charge in [0.2, 0.25) is 11.8 Å². The van der Waals surface area contributed by atoms with Gasteiger partial charge in [0, 0.05) is 44.5 Å². The molecule has 0 bridgehead atoms. The molecule has 5 rings (SSSR count). The number of benzene rings is 1. The van der Waals surface area contributed by atoms with Crippen molar-refractivity contribution in [1.29, 1.82) is 0 Å². The van der Waals surface area contributed by atoms with E-state index in [2.05, 4.69) is 32.7 Å². The van der Waals surface area contributed by atoms with E-state index < -0.39 is 0 Å². The van der Waals surface area contributed by atoms with Gasteiger partial charge in [-0.25, -0.2) is 9.97 Å². The van der Waals surface area contributed by atoms with E-state index in [-0.39, 0.29) is 17.7 Å². The van der Waals surface area contributed by atoms with E-state index in [1.54, 1.807) is 17.5 Å². The molecule has 9 nitrogen and oxygen atoms in total. The number of piperazine rings is 1. The number of piperidine rings is 1. The van der Waals surface area contributed by atoms with Gasteiger partial charge in [-0.15, -0.1) is 0 Å². The molecule has 2 aliphatic heterocycles. The molecule has 2 fully saturated rings. The summed E-state index contributed by atoms with van der Waals surface area (Å²) < 4.78 is 0. The Bertz CT molecular complexity index is 1140. The normalized spacial score (nSPS) is 17.4. The number of nitrogens with one attached hydrogen (secondary N) is 2. The summed E-state index contributed by atoms with van der Waals surface area (Å²) >= 11 is 1.58. The Hall–Kier alpha value is -3.37. The first-order valence-electron chi connectivity index (χ1n) is 11.5. The molecule has 0 unspecified atom stereocenters. The second-order valence-corrected chi connectivity index (χ2v) is 9.60. The minimum absolute atomic E-state index is 0.0149. The van der Waals surface area contributed by atoms with Crippen LogP contribution in [0.1, 0.15) is 24.5 Å². The number of carbonyl (C=O) groups is 2. The van der Waals surface area contributed by atoms with Crippen molar-refractivity contribution in [3.8, 4) is 10.4 Å². The van der Waals surface area contributed by atoms with E-state index in [1.807, 2.05) is 40.4 Å². The monoisotopic (exact) mass is 477 g/mol. The summed E-state index contributed by atoms with van der Waals surface area (Å²) in [6, 6.07) is 10.2. The fourth-order valence-electron chi connectivity index (χ4n) is 4.36. The Kier molecular flexibility index (Phi) is 6.77. The number of likely N-dealkylation sites (tertiary alicyclic amines) is 1. The summed E-state index contributed by atoms with van der Waals surface area (Å²) in [6.45, 7) is 3.30. The predicted molar refractivity (Wildman–Crippen MR) is 131 cm³/mol. The lowest BCUT2D eigenvalue weighted by molar-refractivity contribution is -0.134. The highest BCUT2D eigenvalue weighted by molar-refractivity contribution is 7.18. The van der Waals surface area contributed by atoms with Crippen LogP contribution in [-0.2, 0) is 9.59 Å². The average Bonchev–Trinajstić information content (AvgIpc) is 3.33. The van der Waals surface area contributed by atoms with Gasteiger partial charge in [0.15, 0.2) is 10.9 Å². The van der Waals surface area contributed by atoms with Crippen molar-refractivity contribution < 1.29 is 9.59 Å². The van der Waals surface area contributed by atoms with Gasteiger partial charge in [0.1, 0.15) is 0 Å². The van der Waals surface area contributed by atoms with Crippen LogP contribution < -0.4 is 10.6 Å². The molecule has 0 aliphatic carbocycles. The summed E-state index contributed by atoms with van der Waals surface area (Å²) in [4.78, 5) is 42.8. The molecular formula is C24H27N7O2S. The van der Waals surface area contributed by atoms with Gasteiger partial charge in [-0.2, -0.15) is 0 Å². The number of anilines is 2. The summed E-state index contributed by atoms with van der Waals surface area (Å²) in [6.07, 6.45) is 7.08. The quantitative estimate of drug-likeness (QED) is 0.562. The first-order chi connectivity index (χ1) is 16.6. The third-order valence-corrected chi connectivity index (χ3v) is 7.16. The minimum atomic E-state index is -0.0149. The molecule has 3 aromatic rings. The molecule has 2 aliphatic rings. The fourth-order valence-corrected chi connectivity index (χ4v) is 5.19. The Labute approximate surface area is 202 Å². The number of aromatic nitrogens is 3. The Morgan fingerprint density at radius 1 is 1.12 bits per heavy atom. The maximum Gasteiger partial charge on any atom is 0.236 e. The van der Waals surface area contributed by atoms with Crippen LogP contribution >= 0.6 is 11.3 Å². The van der Waals surface area contributed by atoms with Crippen LogP contribution in [0.4, 0.5) is 10.9 Å². The highest BCUT2D eigenvalue weighted by Gasteiger charge is 2.27. The van der Waals surface area contributed by atoms with Crippen LogP contribution in [0.3, 0.4) is 0 Å². The molecule has 0 atom stereocenters. The molecule has 10 heteroatoms. The van der Waals surface area contributed by atoms with Crippen molar-refractivity contribution in [1.82, 2.24) is 30.1 Å². The molecular weight excluding hydrogens is 450 g/mol. The van der Waals surface area contributed by atoms with Gasteiger partial charge in [0.25, 0.3) is 0 Å². The van der Waals surface area contributed by atoms with Gasteiger partial charge < -0.3 is 15.5 Å². The maximum absolute atomic E-state index is 12.7. The van der Waals surface area contributed by atoms with Gasteiger partial charge in [-0.1, -0.05) is 41.7 Å². The van der Waals surface area contributed by atoms with Crippen molar-refractivity contribution in [2.24, 2.45) is 0 Å². The van der Waals surface area contributed by atoms with Gasteiger partial charge >= 0.3 is 0 Å². The molecule has 2 saturated heterocycles. The number of hydrogen-bond donors (Lipinski definition) is 2. The zero-order valence-electron chi connectivity index (χ0n) is 18.8. The van der Waals surface area contributed by atoms with E-state index in [0.29, 0.717) is 38.5 Å². The number of thiazole rings is 1. The smallest absolute Gasteiger partial charge is 0.236 e. The fraction of sp³-hybridized carbons (Fsp3) is 0.375. The molecule has 4 heterocycles. The SMILES string of the molecule is O=C1CN(CC(=O)N2CCC(c3cncc(Nc4ncc(-c5ccccc5)s4)n3)CC2)CCN1. The lowest BCUT2D eigenvalue weighted by atomic mass is 9.93. The molecule has 0 radical (unpaired) electrons. The lowest BCUT2D eigenvalue weighted by Crippen LogP contribution is -2.51. The van der Waals surface area contributed by atoms with Gasteiger partial charge in [-0.3, -0.25) is 19.5 Å². The lowest BCUT2D eigenvalue weighted by Gasteiger charge is -2.34. The molecule has 2 aromatic heterocycles. The zero-order valence-corrected chi connectivity index (χ0v) is 19.6. The average molecular weight is 478 g/mol. The predicted octanol–water partition coefficient (Wildman–Crippen LogP) is 2.48. The molecule has 34 heavy (non-hydrogen) atoms. The van der Waals surface area contributed by atoms with Crippen LogP contribution in [0.25, 0.3) is 10.4 Å². The molecule has 0 saturated carbocycles. The molecule has 176 valence electrons. The van der Waals surface area contributed by atoms with Crippen molar-refractivity contribution in [3.05, 3.63) is 54.6 Å². The highest BCUT2D eigenvalue weighted by atomic mass is 32.1. The van der Waals surface area contributed by atoms with Crippen molar-refractivity contribution >= 4 is 34.1 Å². The summed E-state index contributed by atoms with van der Waals surface area (Å²) in [5.74, 6) is 1.01. The third-order valence-electron chi connectivity index (χ3n) is 6.19. The molecule has 2 amide bonds. The van der Waals surface area contributed by atoms with E-state index in [1.165, 1.54) is 0 Å². The van der Waals surface area contributed by atoms with Crippen molar-refractivity contribution in [2.75, 3.05) is 44.6 Å². The maximum atomic E-state index is 12.7. The van der Waals surface area contributed by atoms with E-state index in [4.69, 9.17) is 4.98 Å². The summed E-state index contributed by atoms with van der Waals surface area (Å²) in [7, 11) is 0. The number of hydrogen-bond acceptors (Lipinski definition) is 8. The Morgan fingerprint density at radius 3 is 2.74 bits per heavy atom. The molecule has 0 spiro atoms. The Balaban J connectivity index is 1.16. The summed E-state index contributed by atoms with van der Waals surface area (Å²) in [5, 5.41) is 6.85. The van der Waals surface area contributed by atoms with E-state index >= 15 is 0 Å². The minimum Gasteiger partial charge on any atom is -0.354 e. The zero-order chi connectivity index (χ0) is 23.3. The van der Waals surface area contributed by atoms with Gasteiger partial charge in [0.05, 0.1) is 29.9 Å². The Morgan fingerprint density at radius 2 is 1.94 bits per heavy atom. The van der Waals surface area contributed by atoms with Crippen LogP contribution in [0, 0.1) is 0 Å². The summed E-state index contributed by atoms with van der Waals surface area (Å²) in [5.41, 5.74) is 2.07. The van der Waals surface area contributed by atoms with E-state index in [0.717, 1.165) is 40.7 Å². The van der Waals surface area contributed by atoms with Crippen molar-refractivity contribution in [2.45, 2.75) is 18.8 Å². The van der Waals surface area contributed by atoms with Crippen LogP contribution in [-0.4, -0.2) is 75.8 Å². The van der Waals surface area contributed by atoms with Crippen LogP contribution in [0.5, 0.6) is 0 Å². The third kappa shape index (κ3) is 5.40. The number of amides is 2. The van der Waals surface area contributed by atoms with Gasteiger partial charge in [-0.05, 0) is 18.4 Å². The second-order valence-electron chi connectivity index (χ2n) is 8.57. The first kappa shape index (κ1) is 22.4. The first-order valence-corrected chi connectivity index (χ1v) is 12.3. The molecule has 1 aromatic carbocycles. The highest BCUT2D eigenvalue weighted by Crippen LogP contribution is 2.31. The largest absolute Gasteiger partial charge is 0.354 e. The number of carbonyl (C=O) groups excluding carboxylic acids is 2. The topological polar surface area (TPSA) is 103 Å². The standard InChI is InChI=1S/C24H27N7O2S/c32-22-15-30(11-8-26-22)16-23(33)31-9-6-17(7-10-31)19-12-25-14-21(28-19)29-24-27-13-20(34-24)18-4-2-1-3-5-18/h1-5,12-14,17H,6-11,15-16H2,(H,26,32)(H,27,28,29). The second kappa shape index (κ2) is 10.3. The number of rotatable bonds is 6. The van der Waals surface area contributed by atoms with E-state index in [9.17, 15) is 9.59 Å². The molecule has 2 N–H and O–H groups in total. The van der Waals surface area contributed by atoms with Crippen LogP contribution in [0.2, 0.25) is 0 Å².